The van der Waals surface area contributed by atoms with Crippen LogP contribution in [-0.4, -0.2) is 26.2 Å². The van der Waals surface area contributed by atoms with E-state index in [1.54, 1.807) is 24.3 Å². The second-order valence-corrected chi connectivity index (χ2v) is 9.62. The summed E-state index contributed by atoms with van der Waals surface area (Å²) in [6.45, 7) is 1.65. The number of benzene rings is 3. The Morgan fingerprint density at radius 1 is 0.941 bits per heavy atom. The number of carbonyl (C=O) groups excluding carboxylic acids is 1. The molecule has 0 heterocycles. The molecular formula is C24H22F4N2O3S. The molecule has 34 heavy (non-hydrogen) atoms. The average Bonchev–Trinajstić information content (AvgIpc) is 2.81. The molecule has 1 atom stereocenters. The molecule has 0 radical (unpaired) electrons. The molecule has 0 saturated heterocycles. The summed E-state index contributed by atoms with van der Waals surface area (Å²) >= 11 is 0. The van der Waals surface area contributed by atoms with Crippen LogP contribution in [0.2, 0.25) is 0 Å². The van der Waals surface area contributed by atoms with Gasteiger partial charge in [0.1, 0.15) is 11.7 Å². The summed E-state index contributed by atoms with van der Waals surface area (Å²) in [7, 11) is -3.75. The number of rotatable bonds is 8. The molecule has 3 rings (SSSR count). The fourth-order valence-electron chi connectivity index (χ4n) is 3.11. The van der Waals surface area contributed by atoms with E-state index in [4.69, 9.17) is 0 Å². The fourth-order valence-corrected chi connectivity index (χ4v) is 4.29. The van der Waals surface area contributed by atoms with E-state index in [2.05, 4.69) is 10.6 Å². The summed E-state index contributed by atoms with van der Waals surface area (Å²) in [5, 5.41) is 5.34. The highest BCUT2D eigenvalue weighted by atomic mass is 32.2. The van der Waals surface area contributed by atoms with Crippen molar-refractivity contribution in [1.82, 2.24) is 10.6 Å². The molecule has 3 aromatic carbocycles. The lowest BCUT2D eigenvalue weighted by molar-refractivity contribution is -0.137. The van der Waals surface area contributed by atoms with Crippen molar-refractivity contribution in [2.45, 2.75) is 30.6 Å². The van der Waals surface area contributed by atoms with Gasteiger partial charge in [-0.3, -0.25) is 10.1 Å². The van der Waals surface area contributed by atoms with E-state index < -0.39 is 45.2 Å². The SMILES string of the molecule is C[C@H](NCS(=O)(=O)c1ccc(F)cc1)C(=O)NCc1cccc(-c2ccc(C(F)(F)F)cc2)c1. The number of nitrogens with one attached hydrogen (secondary N) is 2. The average molecular weight is 495 g/mol. The lowest BCUT2D eigenvalue weighted by Gasteiger charge is -2.15. The Balaban J connectivity index is 1.56. The number of alkyl halides is 3. The molecule has 10 heteroatoms. The molecule has 5 nitrogen and oxygen atoms in total. The highest BCUT2D eigenvalue weighted by Crippen LogP contribution is 2.31. The topological polar surface area (TPSA) is 75.3 Å². The van der Waals surface area contributed by atoms with Gasteiger partial charge < -0.3 is 5.32 Å². The smallest absolute Gasteiger partial charge is 0.351 e. The van der Waals surface area contributed by atoms with Crippen molar-refractivity contribution in [1.29, 1.82) is 0 Å². The predicted octanol–water partition coefficient (Wildman–Crippen LogP) is 4.54. The molecule has 0 spiro atoms. The van der Waals surface area contributed by atoms with Crippen molar-refractivity contribution in [3.05, 3.63) is 89.7 Å². The molecule has 0 aliphatic heterocycles. The maximum atomic E-state index is 13.0. The van der Waals surface area contributed by atoms with Crippen LogP contribution >= 0.6 is 0 Å². The van der Waals surface area contributed by atoms with E-state index in [0.29, 0.717) is 11.1 Å². The second-order valence-electron chi connectivity index (χ2n) is 7.63. The lowest BCUT2D eigenvalue weighted by atomic mass is 10.0. The number of halogens is 4. The Kier molecular flexibility index (Phi) is 7.73. The first-order valence-electron chi connectivity index (χ1n) is 10.2. The molecule has 0 saturated carbocycles. The minimum atomic E-state index is -4.41. The summed E-state index contributed by atoms with van der Waals surface area (Å²) in [6.07, 6.45) is -4.41. The Labute approximate surface area is 194 Å². The predicted molar refractivity (Wildman–Crippen MR) is 120 cm³/mol. The van der Waals surface area contributed by atoms with Gasteiger partial charge in [-0.2, -0.15) is 13.2 Å². The highest BCUT2D eigenvalue weighted by molar-refractivity contribution is 7.91. The third-order valence-electron chi connectivity index (χ3n) is 5.08. The van der Waals surface area contributed by atoms with Gasteiger partial charge in [0.25, 0.3) is 0 Å². The molecule has 0 aliphatic rings. The van der Waals surface area contributed by atoms with Crippen molar-refractivity contribution in [3.63, 3.8) is 0 Å². The van der Waals surface area contributed by atoms with Gasteiger partial charge in [0, 0.05) is 6.54 Å². The van der Waals surface area contributed by atoms with Gasteiger partial charge in [-0.25, -0.2) is 12.8 Å². The molecule has 180 valence electrons. The second kappa shape index (κ2) is 10.4. The first kappa shape index (κ1) is 25.4. The minimum absolute atomic E-state index is 0.0610. The van der Waals surface area contributed by atoms with Gasteiger partial charge in [-0.15, -0.1) is 0 Å². The number of amides is 1. The van der Waals surface area contributed by atoms with Gasteiger partial charge in [-0.05, 0) is 66.1 Å². The van der Waals surface area contributed by atoms with Crippen molar-refractivity contribution in [2.24, 2.45) is 0 Å². The normalized spacial score (nSPS) is 12.9. The number of sulfone groups is 1. The van der Waals surface area contributed by atoms with Crippen LogP contribution < -0.4 is 10.6 Å². The third-order valence-corrected chi connectivity index (χ3v) is 6.62. The molecule has 0 aliphatic carbocycles. The highest BCUT2D eigenvalue weighted by Gasteiger charge is 2.30. The monoisotopic (exact) mass is 494 g/mol. The minimum Gasteiger partial charge on any atom is -0.351 e. The van der Waals surface area contributed by atoms with Gasteiger partial charge >= 0.3 is 6.18 Å². The maximum Gasteiger partial charge on any atom is 0.416 e. The number of hydrogen-bond donors (Lipinski definition) is 2. The van der Waals surface area contributed by atoms with Crippen molar-refractivity contribution < 1.29 is 30.8 Å². The molecular weight excluding hydrogens is 472 g/mol. The van der Waals surface area contributed by atoms with Crippen molar-refractivity contribution in [2.75, 3.05) is 5.88 Å². The molecule has 3 aromatic rings. The van der Waals surface area contributed by atoms with E-state index in [1.807, 2.05) is 0 Å². The summed E-state index contributed by atoms with van der Waals surface area (Å²) in [6, 6.07) is 15.3. The first-order chi connectivity index (χ1) is 16.0. The summed E-state index contributed by atoms with van der Waals surface area (Å²) in [5.41, 5.74) is 1.28. The summed E-state index contributed by atoms with van der Waals surface area (Å²) < 4.78 is 75.9. The van der Waals surface area contributed by atoms with Crippen molar-refractivity contribution >= 4 is 15.7 Å². The van der Waals surface area contributed by atoms with E-state index in [0.717, 1.165) is 42.0 Å². The van der Waals surface area contributed by atoms with E-state index in [-0.39, 0.29) is 11.4 Å². The fraction of sp³-hybridized carbons (Fsp3) is 0.208. The summed E-state index contributed by atoms with van der Waals surface area (Å²) in [4.78, 5) is 12.3. The molecule has 0 aromatic heterocycles. The van der Waals surface area contributed by atoms with Crippen LogP contribution in [0.3, 0.4) is 0 Å². The quantitative estimate of drug-likeness (QED) is 0.356. The van der Waals surface area contributed by atoms with Crippen LogP contribution in [-0.2, 0) is 27.4 Å². The Hall–Kier alpha value is -3.24. The molecule has 0 fully saturated rings. The zero-order valence-corrected chi connectivity index (χ0v) is 18.9. The Morgan fingerprint density at radius 2 is 1.59 bits per heavy atom. The van der Waals surface area contributed by atoms with Crippen LogP contribution in [0.5, 0.6) is 0 Å². The zero-order chi connectivity index (χ0) is 24.9. The molecule has 1 amide bonds. The van der Waals surface area contributed by atoms with Crippen LogP contribution in [0.15, 0.2) is 77.7 Å². The van der Waals surface area contributed by atoms with Gasteiger partial charge in [0.15, 0.2) is 9.84 Å². The lowest BCUT2D eigenvalue weighted by Crippen LogP contribution is -2.43. The zero-order valence-electron chi connectivity index (χ0n) is 18.1. The molecule has 0 unspecified atom stereocenters. The van der Waals surface area contributed by atoms with Crippen LogP contribution in [0.1, 0.15) is 18.1 Å². The number of carbonyl (C=O) groups is 1. The Morgan fingerprint density at radius 3 is 2.21 bits per heavy atom. The van der Waals surface area contributed by atoms with Gasteiger partial charge in [-0.1, -0.05) is 30.3 Å². The number of hydrogen-bond acceptors (Lipinski definition) is 4. The third kappa shape index (κ3) is 6.64. The first-order valence-corrected chi connectivity index (χ1v) is 11.9. The van der Waals surface area contributed by atoms with E-state index >= 15 is 0 Å². The largest absolute Gasteiger partial charge is 0.416 e. The van der Waals surface area contributed by atoms with E-state index in [9.17, 15) is 30.8 Å². The van der Waals surface area contributed by atoms with Crippen molar-refractivity contribution in [3.8, 4) is 11.1 Å². The van der Waals surface area contributed by atoms with Gasteiger partial charge in [0.05, 0.1) is 16.5 Å². The maximum absolute atomic E-state index is 13.0. The van der Waals surface area contributed by atoms with Gasteiger partial charge in [0.2, 0.25) is 5.91 Å². The molecule has 2 N–H and O–H groups in total. The molecule has 0 bridgehead atoms. The Bertz CT molecular complexity index is 1240. The van der Waals surface area contributed by atoms with Crippen LogP contribution in [0.25, 0.3) is 11.1 Å². The standard InChI is InChI=1S/C24H22F4N2O3S/c1-16(30-15-34(32,33)22-11-9-21(25)10-12-22)23(31)29-14-17-3-2-4-19(13-17)18-5-7-20(8-6-18)24(26,27)28/h2-13,16,30H,14-15H2,1H3,(H,29,31)/t16-/m0/s1. The van der Waals surface area contributed by atoms with Crippen LogP contribution in [0.4, 0.5) is 17.6 Å². The summed E-state index contributed by atoms with van der Waals surface area (Å²) in [5.74, 6) is -1.49. The van der Waals surface area contributed by atoms with Crippen LogP contribution in [0, 0.1) is 5.82 Å². The van der Waals surface area contributed by atoms with E-state index in [1.165, 1.54) is 19.1 Å².